The Labute approximate surface area is 119 Å². The molecule has 3 N–H and O–H groups in total. The molecule has 0 aliphatic rings. The Morgan fingerprint density at radius 1 is 1.30 bits per heavy atom. The predicted molar refractivity (Wildman–Crippen MR) is 76.9 cm³/mol. The lowest BCUT2D eigenvalue weighted by Crippen LogP contribution is -2.44. The van der Waals surface area contributed by atoms with Gasteiger partial charge in [-0.3, -0.25) is 10.1 Å². The van der Waals surface area contributed by atoms with Crippen LogP contribution in [0.15, 0.2) is 18.2 Å². The minimum Gasteiger partial charge on any atom is -0.508 e. The first-order valence-electron chi connectivity index (χ1n) is 6.83. The van der Waals surface area contributed by atoms with Gasteiger partial charge in [0.05, 0.1) is 6.04 Å². The molecule has 0 bridgehead atoms. The number of amides is 1. The lowest BCUT2D eigenvalue weighted by atomic mass is 10.1. The van der Waals surface area contributed by atoms with Gasteiger partial charge in [0.2, 0.25) is 5.91 Å². The number of nitrogens with one attached hydrogen (secondary N) is 2. The molecule has 1 aromatic carbocycles. The van der Waals surface area contributed by atoms with E-state index in [1.807, 2.05) is 13.8 Å². The van der Waals surface area contributed by atoms with Gasteiger partial charge in [-0.2, -0.15) is 0 Å². The van der Waals surface area contributed by atoms with E-state index in [1.165, 1.54) is 18.2 Å². The third-order valence-electron chi connectivity index (χ3n) is 3.03. The number of hydrogen-bond acceptors (Lipinski definition) is 3. The van der Waals surface area contributed by atoms with E-state index < -0.39 is 11.9 Å². The van der Waals surface area contributed by atoms with Crippen molar-refractivity contribution in [3.63, 3.8) is 0 Å². The average molecular weight is 282 g/mol. The molecule has 0 aliphatic carbocycles. The summed E-state index contributed by atoms with van der Waals surface area (Å²) in [4.78, 5) is 11.9. The Morgan fingerprint density at radius 2 is 1.95 bits per heavy atom. The number of carbonyl (C=O) groups excluding carboxylic acids is 1. The van der Waals surface area contributed by atoms with Crippen LogP contribution in [0.2, 0.25) is 0 Å². The molecule has 5 heteroatoms. The van der Waals surface area contributed by atoms with Crippen LogP contribution in [0.1, 0.15) is 39.3 Å². The molecular weight excluding hydrogens is 259 g/mol. The van der Waals surface area contributed by atoms with E-state index in [0.717, 1.165) is 0 Å². The smallest absolute Gasteiger partial charge is 0.236 e. The molecule has 20 heavy (non-hydrogen) atoms. The van der Waals surface area contributed by atoms with Crippen LogP contribution in [0.5, 0.6) is 5.75 Å². The van der Waals surface area contributed by atoms with E-state index in [-0.39, 0.29) is 17.7 Å². The molecule has 2 unspecified atom stereocenters. The number of rotatable bonds is 6. The van der Waals surface area contributed by atoms with E-state index in [0.29, 0.717) is 18.0 Å². The Hall–Kier alpha value is -1.62. The van der Waals surface area contributed by atoms with Crippen molar-refractivity contribution in [3.8, 4) is 5.75 Å². The molecule has 0 radical (unpaired) electrons. The van der Waals surface area contributed by atoms with Gasteiger partial charge >= 0.3 is 0 Å². The van der Waals surface area contributed by atoms with Crippen LogP contribution in [0.25, 0.3) is 0 Å². The third-order valence-corrected chi connectivity index (χ3v) is 3.03. The molecule has 0 aromatic heterocycles. The number of phenolic OH excluding ortho intramolecular Hbond substituents is 1. The first kappa shape index (κ1) is 16.4. The second kappa shape index (κ2) is 7.24. The van der Waals surface area contributed by atoms with Crippen LogP contribution in [0.4, 0.5) is 4.39 Å². The topological polar surface area (TPSA) is 61.4 Å². The molecule has 112 valence electrons. The van der Waals surface area contributed by atoms with Gasteiger partial charge in [0.25, 0.3) is 0 Å². The van der Waals surface area contributed by atoms with Crippen LogP contribution in [0.3, 0.4) is 0 Å². The average Bonchev–Trinajstić information content (AvgIpc) is 2.38. The highest BCUT2D eigenvalue weighted by molar-refractivity contribution is 5.81. The van der Waals surface area contributed by atoms with Crippen molar-refractivity contribution in [2.24, 2.45) is 5.92 Å². The normalized spacial score (nSPS) is 14.1. The zero-order chi connectivity index (χ0) is 15.3. The van der Waals surface area contributed by atoms with E-state index in [4.69, 9.17) is 0 Å². The van der Waals surface area contributed by atoms with Crippen molar-refractivity contribution in [1.82, 2.24) is 10.6 Å². The molecule has 0 saturated carbocycles. The zero-order valence-electron chi connectivity index (χ0n) is 12.4. The van der Waals surface area contributed by atoms with Gasteiger partial charge in [-0.1, -0.05) is 13.8 Å². The molecule has 1 rings (SSSR count). The SMILES string of the molecule is CC(C)CNC(=O)C(C)NC(C)c1cc(F)ccc1O. The van der Waals surface area contributed by atoms with Crippen molar-refractivity contribution in [2.45, 2.75) is 39.8 Å². The lowest BCUT2D eigenvalue weighted by molar-refractivity contribution is -0.123. The van der Waals surface area contributed by atoms with E-state index >= 15 is 0 Å². The summed E-state index contributed by atoms with van der Waals surface area (Å²) in [6, 6.07) is 3.03. The second-order valence-corrected chi connectivity index (χ2v) is 5.45. The number of hydrogen-bond donors (Lipinski definition) is 3. The number of benzene rings is 1. The van der Waals surface area contributed by atoms with Gasteiger partial charge in [-0.25, -0.2) is 4.39 Å². The molecule has 1 amide bonds. The summed E-state index contributed by atoms with van der Waals surface area (Å²) in [7, 11) is 0. The van der Waals surface area contributed by atoms with Crippen LogP contribution in [-0.4, -0.2) is 23.6 Å². The Kier molecular flexibility index (Phi) is 5.95. The van der Waals surface area contributed by atoms with Crippen molar-refractivity contribution < 1.29 is 14.3 Å². The molecule has 0 heterocycles. The second-order valence-electron chi connectivity index (χ2n) is 5.45. The molecule has 0 aliphatic heterocycles. The summed E-state index contributed by atoms with van der Waals surface area (Å²) in [5.74, 6) is -0.123. The Morgan fingerprint density at radius 3 is 2.55 bits per heavy atom. The van der Waals surface area contributed by atoms with Crippen LogP contribution in [0, 0.1) is 11.7 Å². The third kappa shape index (κ3) is 4.81. The van der Waals surface area contributed by atoms with Crippen LogP contribution >= 0.6 is 0 Å². The highest BCUT2D eigenvalue weighted by Gasteiger charge is 2.18. The minimum atomic E-state index is -0.425. The quantitative estimate of drug-likeness (QED) is 0.750. The predicted octanol–water partition coefficient (Wildman–Crippen LogP) is 2.34. The van der Waals surface area contributed by atoms with Gasteiger partial charge in [-0.05, 0) is 38.0 Å². The van der Waals surface area contributed by atoms with Gasteiger partial charge < -0.3 is 10.4 Å². The Balaban J connectivity index is 2.63. The summed E-state index contributed by atoms with van der Waals surface area (Å²) in [6.45, 7) is 8.17. The van der Waals surface area contributed by atoms with E-state index in [2.05, 4.69) is 10.6 Å². The largest absolute Gasteiger partial charge is 0.508 e. The number of halogens is 1. The molecule has 0 saturated heterocycles. The Bertz CT molecular complexity index is 463. The number of phenols is 1. The van der Waals surface area contributed by atoms with Crippen LogP contribution in [-0.2, 0) is 4.79 Å². The van der Waals surface area contributed by atoms with Crippen molar-refractivity contribution in [2.75, 3.05) is 6.54 Å². The number of aromatic hydroxyl groups is 1. The minimum absolute atomic E-state index is 0.0150. The standard InChI is InChI=1S/C15H23FN2O2/c1-9(2)8-17-15(20)11(4)18-10(3)13-7-12(16)5-6-14(13)19/h5-7,9-11,18-19H,8H2,1-4H3,(H,17,20). The molecule has 4 nitrogen and oxygen atoms in total. The fourth-order valence-electron chi connectivity index (χ4n) is 1.87. The van der Waals surface area contributed by atoms with Crippen molar-refractivity contribution in [1.29, 1.82) is 0 Å². The maximum Gasteiger partial charge on any atom is 0.236 e. The number of carbonyl (C=O) groups is 1. The molecule has 2 atom stereocenters. The summed E-state index contributed by atoms with van der Waals surface area (Å²) >= 11 is 0. The van der Waals surface area contributed by atoms with Gasteiger partial charge in [0, 0.05) is 18.2 Å². The fraction of sp³-hybridized carbons (Fsp3) is 0.533. The first-order chi connectivity index (χ1) is 9.31. The molecule has 0 spiro atoms. The van der Waals surface area contributed by atoms with Gasteiger partial charge in [0.15, 0.2) is 0 Å². The first-order valence-corrected chi connectivity index (χ1v) is 6.83. The molecule has 0 fully saturated rings. The van der Waals surface area contributed by atoms with Gasteiger partial charge in [-0.15, -0.1) is 0 Å². The summed E-state index contributed by atoms with van der Waals surface area (Å²) < 4.78 is 13.2. The fourth-order valence-corrected chi connectivity index (χ4v) is 1.87. The lowest BCUT2D eigenvalue weighted by Gasteiger charge is -2.21. The van der Waals surface area contributed by atoms with Crippen LogP contribution < -0.4 is 10.6 Å². The summed E-state index contributed by atoms with van der Waals surface area (Å²) in [5.41, 5.74) is 0.438. The summed E-state index contributed by atoms with van der Waals surface area (Å²) in [6.07, 6.45) is 0. The highest BCUT2D eigenvalue weighted by Crippen LogP contribution is 2.24. The van der Waals surface area contributed by atoms with Gasteiger partial charge in [0.1, 0.15) is 11.6 Å². The maximum atomic E-state index is 13.2. The van der Waals surface area contributed by atoms with E-state index in [1.54, 1.807) is 13.8 Å². The van der Waals surface area contributed by atoms with Crippen molar-refractivity contribution >= 4 is 5.91 Å². The maximum absolute atomic E-state index is 13.2. The highest BCUT2D eigenvalue weighted by atomic mass is 19.1. The van der Waals surface area contributed by atoms with Crippen molar-refractivity contribution in [3.05, 3.63) is 29.6 Å². The monoisotopic (exact) mass is 282 g/mol. The molecular formula is C15H23FN2O2. The van der Waals surface area contributed by atoms with E-state index in [9.17, 15) is 14.3 Å². The molecule has 1 aromatic rings. The zero-order valence-corrected chi connectivity index (χ0v) is 12.4. The summed E-state index contributed by atoms with van der Waals surface area (Å²) in [5, 5.41) is 15.6.